The van der Waals surface area contributed by atoms with Crippen molar-refractivity contribution in [3.8, 4) is 22.6 Å². The average molecular weight is 571 g/mol. The van der Waals surface area contributed by atoms with Gasteiger partial charge < -0.3 is 14.6 Å². The van der Waals surface area contributed by atoms with E-state index in [0.29, 0.717) is 24.3 Å². The number of thioether (sulfide) groups is 1. The summed E-state index contributed by atoms with van der Waals surface area (Å²) in [5.41, 5.74) is 7.48. The molecule has 3 aromatic carbocycles. The van der Waals surface area contributed by atoms with Crippen LogP contribution in [-0.4, -0.2) is 39.7 Å². The van der Waals surface area contributed by atoms with Crippen LogP contribution in [0.5, 0.6) is 11.5 Å². The van der Waals surface area contributed by atoms with Crippen LogP contribution in [0.15, 0.2) is 47.4 Å². The standard InChI is InChI=1S/C29H31FO3S2.C2H4O2/c1-18-16-26(32-13-5-15-35(3)31)29(30)19(2)28(18)24-7-4-6-23-22(24)10-11-25(23)33-21-9-8-20-12-14-34-27(20)17-21;1-2(3)4/h4,6-9,16-17,25H,5,10-15H2,1-3H3;1H3,(H,3,4). The zero-order chi connectivity index (χ0) is 28.1. The summed E-state index contributed by atoms with van der Waals surface area (Å²) >= 11 is 1.90. The molecule has 2 atom stereocenters. The predicted octanol–water partition coefficient (Wildman–Crippen LogP) is 7.06. The second-order valence-corrected chi connectivity index (χ2v) is 12.6. The molecule has 1 aliphatic carbocycles. The van der Waals surface area contributed by atoms with Crippen molar-refractivity contribution in [3.63, 3.8) is 0 Å². The molecule has 8 heteroatoms. The Morgan fingerprint density at radius 1 is 1.18 bits per heavy atom. The van der Waals surface area contributed by atoms with E-state index >= 15 is 4.39 Å². The largest absolute Gasteiger partial charge is 0.490 e. The predicted molar refractivity (Wildman–Crippen MR) is 156 cm³/mol. The molecule has 1 aliphatic heterocycles. The van der Waals surface area contributed by atoms with Gasteiger partial charge >= 0.3 is 0 Å². The van der Waals surface area contributed by atoms with E-state index in [9.17, 15) is 4.21 Å². The van der Waals surface area contributed by atoms with E-state index in [-0.39, 0.29) is 17.7 Å². The molecule has 0 radical (unpaired) electrons. The van der Waals surface area contributed by atoms with E-state index in [1.54, 1.807) is 12.3 Å². The highest BCUT2D eigenvalue weighted by molar-refractivity contribution is 7.99. The third-order valence-corrected chi connectivity index (χ3v) is 8.89. The summed E-state index contributed by atoms with van der Waals surface area (Å²) in [7, 11) is -0.868. The molecular formula is C31H35FO5S2. The highest BCUT2D eigenvalue weighted by Gasteiger charge is 2.28. The maximum atomic E-state index is 15.3. The first kappa shape index (κ1) is 29.2. The highest BCUT2D eigenvalue weighted by Crippen LogP contribution is 2.44. The van der Waals surface area contributed by atoms with Crippen molar-refractivity contribution in [2.24, 2.45) is 0 Å². The molecule has 0 aromatic heterocycles. The minimum atomic E-state index is -0.868. The molecule has 0 saturated heterocycles. The van der Waals surface area contributed by atoms with E-state index in [1.807, 2.05) is 25.6 Å². The van der Waals surface area contributed by atoms with E-state index < -0.39 is 16.8 Å². The number of carboxylic acids is 1. The Morgan fingerprint density at radius 3 is 2.69 bits per heavy atom. The van der Waals surface area contributed by atoms with Gasteiger partial charge in [-0.15, -0.1) is 11.8 Å². The fourth-order valence-electron chi connectivity index (χ4n) is 5.24. The van der Waals surface area contributed by atoms with Crippen molar-refractivity contribution in [1.82, 2.24) is 0 Å². The maximum Gasteiger partial charge on any atom is 0.300 e. The monoisotopic (exact) mass is 570 g/mol. The number of hydrogen-bond acceptors (Lipinski definition) is 5. The molecule has 5 rings (SSSR count). The van der Waals surface area contributed by atoms with Crippen molar-refractivity contribution in [1.29, 1.82) is 0 Å². The second-order valence-electron chi connectivity index (χ2n) is 9.89. The number of halogens is 1. The van der Waals surface area contributed by atoms with Crippen LogP contribution in [0.2, 0.25) is 0 Å². The van der Waals surface area contributed by atoms with Crippen LogP contribution in [0.1, 0.15) is 53.7 Å². The Bertz CT molecular complexity index is 1380. The van der Waals surface area contributed by atoms with Gasteiger partial charge in [-0.3, -0.25) is 9.00 Å². The molecule has 2 aliphatic rings. The first-order chi connectivity index (χ1) is 18.7. The summed E-state index contributed by atoms with van der Waals surface area (Å²) in [6, 6.07) is 14.6. The number of carboxylic acid groups (broad SMARTS) is 1. The number of aryl methyl sites for hydroxylation is 2. The minimum Gasteiger partial charge on any atom is -0.490 e. The molecule has 3 aromatic rings. The van der Waals surface area contributed by atoms with Gasteiger partial charge in [-0.2, -0.15) is 0 Å². The Hall–Kier alpha value is -2.84. The van der Waals surface area contributed by atoms with Gasteiger partial charge in [0.05, 0.1) is 6.61 Å². The first-order valence-electron chi connectivity index (χ1n) is 13.1. The number of benzene rings is 3. The third-order valence-electron chi connectivity index (χ3n) is 6.93. The quantitative estimate of drug-likeness (QED) is 0.292. The van der Waals surface area contributed by atoms with Gasteiger partial charge in [-0.25, -0.2) is 4.39 Å². The molecule has 0 amide bonds. The van der Waals surface area contributed by atoms with Crippen LogP contribution in [0.25, 0.3) is 11.1 Å². The van der Waals surface area contributed by atoms with Crippen LogP contribution in [-0.2, 0) is 28.4 Å². The van der Waals surface area contributed by atoms with Gasteiger partial charge in [0.25, 0.3) is 5.97 Å². The molecule has 0 spiro atoms. The number of carbonyl (C=O) groups is 1. The SMILES string of the molecule is CC(=O)O.Cc1cc(OCCCS(C)=O)c(F)c(C)c1-c1cccc2c1CCC2Oc1ccc2c(c1)SCC2. The zero-order valence-corrected chi connectivity index (χ0v) is 24.5. The van der Waals surface area contributed by atoms with Gasteiger partial charge in [-0.1, -0.05) is 24.3 Å². The lowest BCUT2D eigenvalue weighted by Gasteiger charge is -2.19. The van der Waals surface area contributed by atoms with Gasteiger partial charge in [0, 0.05) is 40.4 Å². The number of aliphatic carboxylic acids is 1. The summed E-state index contributed by atoms with van der Waals surface area (Å²) in [5.74, 6) is 1.75. The number of fused-ring (bicyclic) bond motifs is 2. The van der Waals surface area contributed by atoms with E-state index in [1.165, 1.54) is 21.6 Å². The van der Waals surface area contributed by atoms with Crippen molar-refractivity contribution < 1.29 is 28.0 Å². The molecule has 208 valence electrons. The average Bonchev–Trinajstić information content (AvgIpc) is 3.51. The van der Waals surface area contributed by atoms with Crippen LogP contribution in [0.4, 0.5) is 4.39 Å². The van der Waals surface area contributed by atoms with E-state index in [0.717, 1.165) is 54.4 Å². The van der Waals surface area contributed by atoms with Crippen LogP contribution in [0.3, 0.4) is 0 Å². The van der Waals surface area contributed by atoms with Gasteiger partial charge in [0.15, 0.2) is 11.6 Å². The van der Waals surface area contributed by atoms with E-state index in [4.69, 9.17) is 19.4 Å². The molecule has 2 unspecified atom stereocenters. The summed E-state index contributed by atoms with van der Waals surface area (Å²) in [4.78, 5) is 10.3. The maximum absolute atomic E-state index is 15.3. The number of ether oxygens (including phenoxy) is 2. The number of hydrogen-bond donors (Lipinski definition) is 1. The fraction of sp³-hybridized carbons (Fsp3) is 0.387. The summed E-state index contributed by atoms with van der Waals surface area (Å²) in [6.45, 7) is 5.28. The lowest BCUT2D eigenvalue weighted by Crippen LogP contribution is -2.06. The second kappa shape index (κ2) is 13.0. The Labute approximate surface area is 236 Å². The molecule has 5 nitrogen and oxygen atoms in total. The van der Waals surface area contributed by atoms with Crippen molar-refractivity contribution in [2.75, 3.05) is 24.4 Å². The Kier molecular flexibility index (Phi) is 9.72. The fourth-order valence-corrected chi connectivity index (χ4v) is 6.86. The van der Waals surface area contributed by atoms with Gasteiger partial charge in [-0.05, 0) is 96.7 Å². The molecule has 0 fully saturated rings. The van der Waals surface area contributed by atoms with Gasteiger partial charge in [0.1, 0.15) is 11.9 Å². The topological polar surface area (TPSA) is 72.8 Å². The normalized spacial score (nSPS) is 16.1. The lowest BCUT2D eigenvalue weighted by atomic mass is 9.90. The molecule has 0 saturated carbocycles. The zero-order valence-electron chi connectivity index (χ0n) is 22.8. The van der Waals surface area contributed by atoms with Crippen molar-refractivity contribution in [2.45, 2.75) is 57.5 Å². The highest BCUT2D eigenvalue weighted by atomic mass is 32.2. The van der Waals surface area contributed by atoms with Crippen molar-refractivity contribution in [3.05, 3.63) is 76.1 Å². The van der Waals surface area contributed by atoms with Crippen molar-refractivity contribution >= 4 is 28.5 Å². The summed E-state index contributed by atoms with van der Waals surface area (Å²) < 4.78 is 38.8. The van der Waals surface area contributed by atoms with Gasteiger partial charge in [0.2, 0.25) is 0 Å². The van der Waals surface area contributed by atoms with Crippen LogP contribution in [0, 0.1) is 19.7 Å². The van der Waals surface area contributed by atoms with E-state index in [2.05, 4.69) is 36.4 Å². The molecule has 1 heterocycles. The molecular weight excluding hydrogens is 535 g/mol. The molecule has 1 N–H and O–H groups in total. The van der Waals surface area contributed by atoms with Crippen LogP contribution >= 0.6 is 11.8 Å². The minimum absolute atomic E-state index is 0.00610. The van der Waals surface area contributed by atoms with Crippen LogP contribution < -0.4 is 9.47 Å². The third kappa shape index (κ3) is 7.03. The molecule has 39 heavy (non-hydrogen) atoms. The molecule has 0 bridgehead atoms. The Balaban J connectivity index is 0.000000826. The lowest BCUT2D eigenvalue weighted by molar-refractivity contribution is -0.134. The Morgan fingerprint density at radius 2 is 1.95 bits per heavy atom. The summed E-state index contributed by atoms with van der Waals surface area (Å²) in [5, 5.41) is 7.42. The smallest absolute Gasteiger partial charge is 0.300 e. The summed E-state index contributed by atoms with van der Waals surface area (Å²) in [6.07, 6.45) is 5.27. The first-order valence-corrected chi connectivity index (χ1v) is 15.8. The number of rotatable bonds is 8.